The maximum Gasteiger partial charge on any atom is 0.289 e. The number of aryl methyl sites for hydroxylation is 1. The quantitative estimate of drug-likeness (QED) is 0.936. The van der Waals surface area contributed by atoms with Gasteiger partial charge in [-0.05, 0) is 36.6 Å². The van der Waals surface area contributed by atoms with Crippen LogP contribution < -0.4 is 0 Å². The van der Waals surface area contributed by atoms with E-state index in [1.54, 1.807) is 20.2 Å². The molecule has 2 aromatic rings. The minimum atomic E-state index is -0.819. The molecule has 1 atom stereocenters. The molecule has 0 saturated carbocycles. The van der Waals surface area contributed by atoms with Crippen molar-refractivity contribution in [2.45, 2.75) is 25.5 Å². The molecular formula is C19H24N2O3. The van der Waals surface area contributed by atoms with Gasteiger partial charge >= 0.3 is 0 Å². The van der Waals surface area contributed by atoms with Gasteiger partial charge in [0.1, 0.15) is 11.4 Å². The number of carbonyl (C=O) groups excluding carboxylic acids is 1. The molecule has 1 N–H and O–H groups in total. The van der Waals surface area contributed by atoms with Crippen LogP contribution in [0.2, 0.25) is 0 Å². The lowest BCUT2D eigenvalue weighted by atomic mass is 9.89. The first-order chi connectivity index (χ1) is 11.4. The third-order valence-electron chi connectivity index (χ3n) is 4.63. The molecule has 1 aromatic heterocycles. The molecule has 0 aliphatic carbocycles. The number of furan rings is 1. The highest BCUT2D eigenvalue weighted by Crippen LogP contribution is 2.34. The lowest BCUT2D eigenvalue weighted by molar-refractivity contribution is 0.0438. The van der Waals surface area contributed by atoms with Gasteiger partial charge in [-0.25, -0.2) is 0 Å². The van der Waals surface area contributed by atoms with Crippen LogP contribution in [0.3, 0.4) is 0 Å². The standard InChI is InChI=1S/C19H24N2O3/c1-14-6-4-5-7-16(14)19(23)10-11-21(13-19)12-15-8-9-17(24-15)18(22)20(2)3/h4-9,23H,10-13H2,1-3H3. The van der Waals surface area contributed by atoms with E-state index in [1.807, 2.05) is 37.3 Å². The zero-order chi connectivity index (χ0) is 17.3. The van der Waals surface area contributed by atoms with Crippen molar-refractivity contribution in [3.63, 3.8) is 0 Å². The second-order valence-electron chi connectivity index (χ2n) is 6.77. The summed E-state index contributed by atoms with van der Waals surface area (Å²) in [4.78, 5) is 15.6. The number of aliphatic hydroxyl groups is 1. The Bertz CT molecular complexity index is 738. The smallest absolute Gasteiger partial charge is 0.289 e. The fourth-order valence-electron chi connectivity index (χ4n) is 3.34. The number of carbonyl (C=O) groups is 1. The minimum Gasteiger partial charge on any atom is -0.455 e. The van der Waals surface area contributed by atoms with Gasteiger partial charge in [0.05, 0.1) is 6.54 Å². The number of β-amino-alcohol motifs (C(OH)–C–C–N with tert-alkyl or cyclic N) is 1. The molecule has 1 saturated heterocycles. The average Bonchev–Trinajstić information content (AvgIpc) is 3.15. The molecule has 0 radical (unpaired) electrons. The predicted octanol–water partition coefficient (Wildman–Crippen LogP) is 2.38. The SMILES string of the molecule is Cc1ccccc1C1(O)CCN(Cc2ccc(C(=O)N(C)C)o2)C1. The van der Waals surface area contributed by atoms with Crippen LogP contribution in [0.25, 0.3) is 0 Å². The van der Waals surface area contributed by atoms with E-state index in [4.69, 9.17) is 4.42 Å². The Hall–Kier alpha value is -2.11. The predicted molar refractivity (Wildman–Crippen MR) is 91.7 cm³/mol. The first-order valence-corrected chi connectivity index (χ1v) is 8.20. The molecule has 1 fully saturated rings. The maximum absolute atomic E-state index is 11.9. The molecule has 1 unspecified atom stereocenters. The zero-order valence-corrected chi connectivity index (χ0v) is 14.5. The summed E-state index contributed by atoms with van der Waals surface area (Å²) in [5.74, 6) is 0.955. The summed E-state index contributed by atoms with van der Waals surface area (Å²) in [6.07, 6.45) is 0.696. The number of nitrogens with zero attached hydrogens (tertiary/aromatic N) is 2. The molecule has 1 aliphatic heterocycles. The van der Waals surface area contributed by atoms with Gasteiger partial charge in [-0.15, -0.1) is 0 Å². The Morgan fingerprint density at radius 3 is 2.75 bits per heavy atom. The van der Waals surface area contributed by atoms with Crippen LogP contribution in [0.15, 0.2) is 40.8 Å². The van der Waals surface area contributed by atoms with Crippen molar-refractivity contribution in [3.8, 4) is 0 Å². The van der Waals surface area contributed by atoms with Gasteiger partial charge < -0.3 is 14.4 Å². The summed E-state index contributed by atoms with van der Waals surface area (Å²) in [7, 11) is 3.40. The van der Waals surface area contributed by atoms with Crippen molar-refractivity contribution in [1.82, 2.24) is 9.80 Å². The lowest BCUT2D eigenvalue weighted by Crippen LogP contribution is -2.31. The molecule has 128 valence electrons. The molecule has 2 heterocycles. The van der Waals surface area contributed by atoms with Crippen LogP contribution in [-0.4, -0.2) is 48.0 Å². The minimum absolute atomic E-state index is 0.140. The van der Waals surface area contributed by atoms with Crippen LogP contribution >= 0.6 is 0 Å². The Morgan fingerprint density at radius 2 is 2.04 bits per heavy atom. The number of hydrogen-bond donors (Lipinski definition) is 1. The number of likely N-dealkylation sites (tertiary alicyclic amines) is 1. The summed E-state index contributed by atoms with van der Waals surface area (Å²) in [6, 6.07) is 11.5. The first-order valence-electron chi connectivity index (χ1n) is 8.20. The van der Waals surface area contributed by atoms with Crippen LogP contribution in [0.1, 0.15) is 33.9 Å². The van der Waals surface area contributed by atoms with Gasteiger partial charge in [0.25, 0.3) is 5.91 Å². The van der Waals surface area contributed by atoms with E-state index in [0.717, 1.165) is 23.4 Å². The molecule has 0 bridgehead atoms. The van der Waals surface area contributed by atoms with E-state index in [1.165, 1.54) is 4.90 Å². The van der Waals surface area contributed by atoms with Gasteiger partial charge in [0.15, 0.2) is 5.76 Å². The highest BCUT2D eigenvalue weighted by atomic mass is 16.4. The van der Waals surface area contributed by atoms with Crippen molar-refractivity contribution in [2.75, 3.05) is 27.2 Å². The first kappa shape index (κ1) is 16.7. The molecule has 24 heavy (non-hydrogen) atoms. The largest absolute Gasteiger partial charge is 0.455 e. The molecule has 1 aliphatic rings. The summed E-state index contributed by atoms with van der Waals surface area (Å²) >= 11 is 0. The molecule has 1 amide bonds. The van der Waals surface area contributed by atoms with Gasteiger partial charge in [-0.1, -0.05) is 24.3 Å². The third-order valence-corrected chi connectivity index (χ3v) is 4.63. The fourth-order valence-corrected chi connectivity index (χ4v) is 3.34. The third kappa shape index (κ3) is 3.23. The van der Waals surface area contributed by atoms with E-state index >= 15 is 0 Å². The summed E-state index contributed by atoms with van der Waals surface area (Å²) in [5.41, 5.74) is 1.29. The van der Waals surface area contributed by atoms with Crippen LogP contribution in [0.5, 0.6) is 0 Å². The van der Waals surface area contributed by atoms with Gasteiger partial charge in [-0.3, -0.25) is 9.69 Å². The lowest BCUT2D eigenvalue weighted by Gasteiger charge is -2.25. The number of rotatable bonds is 4. The van der Waals surface area contributed by atoms with Crippen molar-refractivity contribution < 1.29 is 14.3 Å². The van der Waals surface area contributed by atoms with Gasteiger partial charge in [0.2, 0.25) is 0 Å². The highest BCUT2D eigenvalue weighted by molar-refractivity contribution is 5.91. The molecular weight excluding hydrogens is 304 g/mol. The van der Waals surface area contributed by atoms with Crippen molar-refractivity contribution in [1.29, 1.82) is 0 Å². The summed E-state index contributed by atoms with van der Waals surface area (Å²) in [6.45, 7) is 3.98. The molecule has 3 rings (SSSR count). The molecule has 5 nitrogen and oxygen atoms in total. The van der Waals surface area contributed by atoms with Crippen LogP contribution in [0, 0.1) is 6.92 Å². The van der Waals surface area contributed by atoms with Crippen molar-refractivity contribution in [3.05, 3.63) is 59.0 Å². The Morgan fingerprint density at radius 1 is 1.29 bits per heavy atom. The van der Waals surface area contributed by atoms with E-state index in [0.29, 0.717) is 25.3 Å². The summed E-state index contributed by atoms with van der Waals surface area (Å²) in [5, 5.41) is 11.0. The highest BCUT2D eigenvalue weighted by Gasteiger charge is 2.38. The normalized spacial score (nSPS) is 21.2. The number of amides is 1. The fraction of sp³-hybridized carbons (Fsp3) is 0.421. The topological polar surface area (TPSA) is 56.9 Å². The Labute approximate surface area is 142 Å². The Balaban J connectivity index is 1.69. The Kier molecular flexibility index (Phi) is 4.47. The zero-order valence-electron chi connectivity index (χ0n) is 14.5. The second kappa shape index (κ2) is 6.42. The van der Waals surface area contributed by atoms with E-state index < -0.39 is 5.60 Å². The van der Waals surface area contributed by atoms with Crippen molar-refractivity contribution in [2.24, 2.45) is 0 Å². The van der Waals surface area contributed by atoms with Crippen LogP contribution in [0.4, 0.5) is 0 Å². The molecule has 5 heteroatoms. The van der Waals surface area contributed by atoms with E-state index in [2.05, 4.69) is 4.90 Å². The monoisotopic (exact) mass is 328 g/mol. The van der Waals surface area contributed by atoms with E-state index in [-0.39, 0.29) is 5.91 Å². The molecule has 1 aromatic carbocycles. The maximum atomic E-state index is 11.9. The van der Waals surface area contributed by atoms with Crippen molar-refractivity contribution >= 4 is 5.91 Å². The molecule has 0 spiro atoms. The van der Waals surface area contributed by atoms with Gasteiger partial charge in [0, 0.05) is 27.2 Å². The van der Waals surface area contributed by atoms with E-state index in [9.17, 15) is 9.90 Å². The average molecular weight is 328 g/mol. The second-order valence-corrected chi connectivity index (χ2v) is 6.77. The number of benzene rings is 1. The number of hydrogen-bond acceptors (Lipinski definition) is 4. The van der Waals surface area contributed by atoms with Crippen LogP contribution in [-0.2, 0) is 12.1 Å². The van der Waals surface area contributed by atoms with Gasteiger partial charge in [-0.2, -0.15) is 0 Å². The summed E-state index contributed by atoms with van der Waals surface area (Å²) < 4.78 is 5.65.